The van der Waals surface area contributed by atoms with Crippen molar-refractivity contribution in [1.29, 1.82) is 0 Å². The van der Waals surface area contributed by atoms with Crippen LogP contribution in [0, 0.1) is 5.92 Å². The third kappa shape index (κ3) is 1.48. The average molecular weight is 198 g/mol. The number of esters is 1. The minimum absolute atomic E-state index is 0.0758. The lowest BCUT2D eigenvalue weighted by atomic mass is 10.1. The smallest absolute Gasteiger partial charge is 0.310 e. The molecule has 2 rings (SSSR count). The van der Waals surface area contributed by atoms with Crippen LogP contribution in [0.1, 0.15) is 6.42 Å². The first-order chi connectivity index (χ1) is 6.72. The number of hydrogen-bond acceptors (Lipinski definition) is 4. The van der Waals surface area contributed by atoms with Gasteiger partial charge in [0.25, 0.3) is 0 Å². The summed E-state index contributed by atoms with van der Waals surface area (Å²) in [6.07, 6.45) is 0.309. The van der Waals surface area contributed by atoms with E-state index in [1.807, 2.05) is 0 Å². The summed E-state index contributed by atoms with van der Waals surface area (Å²) in [5.41, 5.74) is 0. The van der Waals surface area contributed by atoms with Gasteiger partial charge in [0.1, 0.15) is 0 Å². The van der Waals surface area contributed by atoms with Crippen molar-refractivity contribution in [2.24, 2.45) is 5.92 Å². The van der Waals surface area contributed by atoms with E-state index in [0.717, 1.165) is 13.1 Å². The van der Waals surface area contributed by atoms with Gasteiger partial charge in [0, 0.05) is 26.1 Å². The van der Waals surface area contributed by atoms with Crippen LogP contribution in [0.25, 0.3) is 0 Å². The van der Waals surface area contributed by atoms with E-state index in [9.17, 15) is 9.59 Å². The van der Waals surface area contributed by atoms with Gasteiger partial charge in [0.2, 0.25) is 5.91 Å². The van der Waals surface area contributed by atoms with Crippen molar-refractivity contribution in [3.05, 3.63) is 0 Å². The van der Waals surface area contributed by atoms with Gasteiger partial charge >= 0.3 is 5.97 Å². The summed E-state index contributed by atoms with van der Waals surface area (Å²) in [6, 6.07) is 0.289. The van der Waals surface area contributed by atoms with Crippen LogP contribution in [0.3, 0.4) is 0 Å². The van der Waals surface area contributed by atoms with Crippen LogP contribution in [-0.4, -0.2) is 49.6 Å². The van der Waals surface area contributed by atoms with Gasteiger partial charge in [-0.2, -0.15) is 0 Å². The Morgan fingerprint density at radius 3 is 2.79 bits per heavy atom. The minimum atomic E-state index is -0.270. The summed E-state index contributed by atoms with van der Waals surface area (Å²) in [5, 5.41) is 3.11. The van der Waals surface area contributed by atoms with E-state index in [4.69, 9.17) is 0 Å². The number of likely N-dealkylation sites (tertiary alicyclic amines) is 1. The number of nitrogens with one attached hydrogen (secondary N) is 1. The molecule has 0 bridgehead atoms. The molecule has 0 aromatic carbocycles. The molecule has 1 N–H and O–H groups in total. The van der Waals surface area contributed by atoms with Crippen LogP contribution in [0.2, 0.25) is 0 Å². The molecule has 2 aliphatic heterocycles. The van der Waals surface area contributed by atoms with Gasteiger partial charge in [-0.25, -0.2) is 0 Å². The average Bonchev–Trinajstić information content (AvgIpc) is 2.44. The zero-order valence-corrected chi connectivity index (χ0v) is 8.16. The van der Waals surface area contributed by atoms with Crippen LogP contribution in [0.4, 0.5) is 0 Å². The summed E-state index contributed by atoms with van der Waals surface area (Å²) < 4.78 is 4.63. The molecule has 0 saturated carbocycles. The monoisotopic (exact) mass is 198 g/mol. The van der Waals surface area contributed by atoms with Crippen LogP contribution < -0.4 is 5.32 Å². The fourth-order valence-electron chi connectivity index (χ4n) is 1.90. The summed E-state index contributed by atoms with van der Waals surface area (Å²) >= 11 is 0. The SMILES string of the molecule is COC(=O)C1CC(=O)N(C2CNC2)C1. The molecule has 2 fully saturated rings. The number of nitrogens with zero attached hydrogens (tertiary/aromatic N) is 1. The van der Waals surface area contributed by atoms with Crippen molar-refractivity contribution in [3.8, 4) is 0 Å². The maximum atomic E-state index is 11.5. The van der Waals surface area contributed by atoms with Crippen LogP contribution in [0.5, 0.6) is 0 Å². The van der Waals surface area contributed by atoms with Crippen LogP contribution in [-0.2, 0) is 14.3 Å². The molecule has 0 aromatic heterocycles. The fourth-order valence-corrected chi connectivity index (χ4v) is 1.90. The van der Waals surface area contributed by atoms with Crippen molar-refractivity contribution >= 4 is 11.9 Å². The van der Waals surface area contributed by atoms with Crippen molar-refractivity contribution in [1.82, 2.24) is 10.2 Å². The van der Waals surface area contributed by atoms with Gasteiger partial charge in [0.15, 0.2) is 0 Å². The number of amides is 1. The molecule has 0 spiro atoms. The van der Waals surface area contributed by atoms with Crippen LogP contribution in [0.15, 0.2) is 0 Å². The predicted molar refractivity (Wildman–Crippen MR) is 48.5 cm³/mol. The number of carbonyl (C=O) groups excluding carboxylic acids is 2. The summed E-state index contributed by atoms with van der Waals surface area (Å²) in [7, 11) is 1.36. The zero-order valence-electron chi connectivity index (χ0n) is 8.16. The molecular weight excluding hydrogens is 184 g/mol. The van der Waals surface area contributed by atoms with E-state index in [0.29, 0.717) is 13.0 Å². The van der Waals surface area contributed by atoms with E-state index < -0.39 is 0 Å². The topological polar surface area (TPSA) is 58.6 Å². The quantitative estimate of drug-likeness (QED) is 0.577. The van der Waals surface area contributed by atoms with E-state index in [1.165, 1.54) is 7.11 Å². The van der Waals surface area contributed by atoms with Gasteiger partial charge in [0.05, 0.1) is 19.1 Å². The fraction of sp³-hybridized carbons (Fsp3) is 0.778. The third-order valence-electron chi connectivity index (χ3n) is 2.89. The van der Waals surface area contributed by atoms with Crippen molar-refractivity contribution in [3.63, 3.8) is 0 Å². The Kier molecular flexibility index (Phi) is 2.41. The number of methoxy groups -OCH3 is 1. The third-order valence-corrected chi connectivity index (χ3v) is 2.89. The normalized spacial score (nSPS) is 27.6. The molecule has 2 saturated heterocycles. The molecule has 1 atom stereocenters. The molecule has 2 aliphatic rings. The number of hydrogen-bond donors (Lipinski definition) is 1. The summed E-state index contributed by atoms with van der Waals surface area (Å²) in [4.78, 5) is 24.5. The number of carbonyl (C=O) groups is 2. The Labute approximate surface area is 82.4 Å². The van der Waals surface area contributed by atoms with E-state index in [2.05, 4.69) is 10.1 Å². The second-order valence-corrected chi connectivity index (χ2v) is 3.78. The maximum absolute atomic E-state index is 11.5. The van der Waals surface area contributed by atoms with Crippen molar-refractivity contribution in [2.75, 3.05) is 26.7 Å². The lowest BCUT2D eigenvalue weighted by Gasteiger charge is -2.35. The highest BCUT2D eigenvalue weighted by Crippen LogP contribution is 2.22. The lowest BCUT2D eigenvalue weighted by molar-refractivity contribution is -0.145. The Morgan fingerprint density at radius 2 is 2.29 bits per heavy atom. The van der Waals surface area contributed by atoms with Gasteiger partial charge in [-0.15, -0.1) is 0 Å². The van der Waals surface area contributed by atoms with Gasteiger partial charge in [-0.1, -0.05) is 0 Å². The zero-order chi connectivity index (χ0) is 10.1. The van der Waals surface area contributed by atoms with Crippen LogP contribution >= 0.6 is 0 Å². The Bertz CT molecular complexity index is 263. The molecule has 1 amide bonds. The summed E-state index contributed by atoms with van der Waals surface area (Å²) in [5.74, 6) is -0.451. The van der Waals surface area contributed by atoms with Crippen molar-refractivity contribution in [2.45, 2.75) is 12.5 Å². The highest BCUT2D eigenvalue weighted by Gasteiger charge is 2.39. The Balaban J connectivity index is 1.96. The second kappa shape index (κ2) is 3.57. The lowest BCUT2D eigenvalue weighted by Crippen LogP contribution is -2.57. The summed E-state index contributed by atoms with van der Waals surface area (Å²) in [6.45, 7) is 2.22. The second-order valence-electron chi connectivity index (χ2n) is 3.78. The number of rotatable bonds is 2. The molecule has 0 aliphatic carbocycles. The Hall–Kier alpha value is -1.10. The highest BCUT2D eigenvalue weighted by atomic mass is 16.5. The maximum Gasteiger partial charge on any atom is 0.310 e. The molecule has 2 heterocycles. The largest absolute Gasteiger partial charge is 0.469 e. The first kappa shape index (κ1) is 9.45. The highest BCUT2D eigenvalue weighted by molar-refractivity contribution is 5.87. The number of ether oxygens (including phenoxy) is 1. The minimum Gasteiger partial charge on any atom is -0.469 e. The molecule has 0 aromatic rings. The molecule has 1 unspecified atom stereocenters. The first-order valence-electron chi connectivity index (χ1n) is 4.80. The first-order valence-corrected chi connectivity index (χ1v) is 4.80. The molecule has 14 heavy (non-hydrogen) atoms. The standard InChI is InChI=1S/C9H14N2O3/c1-14-9(13)6-2-8(12)11(5-6)7-3-10-4-7/h6-7,10H,2-5H2,1H3. The Morgan fingerprint density at radius 1 is 1.57 bits per heavy atom. The van der Waals surface area contributed by atoms with E-state index in [1.54, 1.807) is 4.90 Å². The van der Waals surface area contributed by atoms with Gasteiger partial charge < -0.3 is 15.0 Å². The molecule has 5 nitrogen and oxygen atoms in total. The van der Waals surface area contributed by atoms with Gasteiger partial charge in [-0.05, 0) is 0 Å². The molecule has 0 radical (unpaired) electrons. The molecular formula is C9H14N2O3. The molecule has 78 valence electrons. The van der Waals surface area contributed by atoms with E-state index >= 15 is 0 Å². The predicted octanol–water partition coefficient (Wildman–Crippen LogP) is -1.02. The molecule has 5 heteroatoms. The van der Waals surface area contributed by atoms with E-state index in [-0.39, 0.29) is 23.8 Å². The van der Waals surface area contributed by atoms with Crippen molar-refractivity contribution < 1.29 is 14.3 Å². The van der Waals surface area contributed by atoms with Gasteiger partial charge in [-0.3, -0.25) is 9.59 Å².